The molecule has 0 spiro atoms. The van der Waals surface area contributed by atoms with Gasteiger partial charge >= 0.3 is 6.09 Å². The van der Waals surface area contributed by atoms with Crippen LogP contribution in [0.25, 0.3) is 0 Å². The molecule has 206 valence electrons. The van der Waals surface area contributed by atoms with Crippen molar-refractivity contribution >= 4 is 12.0 Å². The molecule has 0 bridgehead atoms. The molecule has 5 nitrogen and oxygen atoms in total. The zero-order valence-electron chi connectivity index (χ0n) is 23.5. The van der Waals surface area contributed by atoms with Crippen molar-refractivity contribution in [1.29, 1.82) is 0 Å². The molecule has 0 saturated carbocycles. The summed E-state index contributed by atoms with van der Waals surface area (Å²) in [6, 6.07) is 39.3. The Morgan fingerprint density at radius 2 is 1.05 bits per heavy atom. The summed E-state index contributed by atoms with van der Waals surface area (Å²) in [5, 5.41) is 0. The van der Waals surface area contributed by atoms with Crippen LogP contribution in [-0.4, -0.2) is 28.3 Å². The van der Waals surface area contributed by atoms with E-state index in [0.717, 1.165) is 22.3 Å². The van der Waals surface area contributed by atoms with E-state index in [1.54, 1.807) is 4.90 Å². The van der Waals surface area contributed by atoms with E-state index in [4.69, 9.17) is 4.74 Å². The third kappa shape index (κ3) is 7.60. The Hall–Kier alpha value is -4.38. The second-order valence-electron chi connectivity index (χ2n) is 10.2. The Morgan fingerprint density at radius 1 is 0.625 bits per heavy atom. The monoisotopic (exact) mass is 534 g/mol. The molecule has 3 atom stereocenters. The van der Waals surface area contributed by atoms with Crippen molar-refractivity contribution in [2.45, 2.75) is 46.0 Å². The quantitative estimate of drug-likeness (QED) is 0.197. The number of hydrogen-bond donors (Lipinski definition) is 0. The fourth-order valence-electron chi connectivity index (χ4n) is 4.98. The summed E-state index contributed by atoms with van der Waals surface area (Å²) in [4.78, 5) is 31.1. The largest absolute Gasteiger partial charge is 0.445 e. The minimum absolute atomic E-state index is 0.0124. The van der Waals surface area contributed by atoms with Crippen LogP contribution >= 0.6 is 0 Å². The van der Waals surface area contributed by atoms with E-state index in [1.807, 2.05) is 109 Å². The lowest BCUT2D eigenvalue weighted by Crippen LogP contribution is -2.44. The first-order valence-corrected chi connectivity index (χ1v) is 13.9. The molecule has 0 saturated heterocycles. The number of ether oxygens (including phenoxy) is 1. The third-order valence-corrected chi connectivity index (χ3v) is 7.25. The van der Waals surface area contributed by atoms with Gasteiger partial charge < -0.3 is 14.5 Å². The number of hydrogen-bond acceptors (Lipinski definition) is 3. The van der Waals surface area contributed by atoms with Crippen LogP contribution in [0.2, 0.25) is 0 Å². The fraction of sp³-hybridized carbons (Fsp3) is 0.257. The third-order valence-electron chi connectivity index (χ3n) is 7.25. The maximum absolute atomic E-state index is 14.2. The molecular weight excluding hydrogens is 496 g/mol. The minimum atomic E-state index is -0.453. The zero-order chi connectivity index (χ0) is 28.3. The molecule has 4 rings (SSSR count). The van der Waals surface area contributed by atoms with Gasteiger partial charge in [0.15, 0.2) is 0 Å². The molecular formula is C35H38N2O3. The van der Waals surface area contributed by atoms with E-state index in [2.05, 4.69) is 38.1 Å². The molecule has 0 N–H and O–H groups in total. The summed E-state index contributed by atoms with van der Waals surface area (Å²) in [6.07, 6.45) is -0.439. The standard InChI is InChI=1S/C35H38N2O3/c1-27(24-36(25-30-16-8-4-9-17-30)35(39)40-26-31-18-10-5-11-19-31)34(38)37(28(2)32-20-12-6-13-21-32)29(3)33-22-14-7-15-23-33/h4-23,27-29H,24-26H2,1-3H3/t27-,28-,29-/m1/s1. The predicted octanol–water partition coefficient (Wildman–Crippen LogP) is 7.81. The van der Waals surface area contributed by atoms with Gasteiger partial charge in [-0.05, 0) is 36.1 Å². The van der Waals surface area contributed by atoms with E-state index in [-0.39, 0.29) is 31.1 Å². The van der Waals surface area contributed by atoms with Crippen LogP contribution in [0.3, 0.4) is 0 Å². The minimum Gasteiger partial charge on any atom is -0.445 e. The number of amides is 2. The molecule has 0 aliphatic carbocycles. The van der Waals surface area contributed by atoms with Gasteiger partial charge in [-0.15, -0.1) is 0 Å². The maximum Gasteiger partial charge on any atom is 0.410 e. The Balaban J connectivity index is 1.56. The summed E-state index contributed by atoms with van der Waals surface area (Å²) >= 11 is 0. The fourth-order valence-corrected chi connectivity index (χ4v) is 4.98. The number of rotatable bonds is 11. The summed E-state index contributed by atoms with van der Waals surface area (Å²) in [7, 11) is 0. The van der Waals surface area contributed by atoms with Crippen LogP contribution in [-0.2, 0) is 22.7 Å². The molecule has 0 aromatic heterocycles. The SMILES string of the molecule is C[C@H](CN(Cc1ccccc1)C(=O)OCc1ccccc1)C(=O)N([C@H](C)c1ccccc1)[C@H](C)c1ccccc1. The van der Waals surface area contributed by atoms with E-state index >= 15 is 0 Å². The normalized spacial score (nSPS) is 13.1. The molecule has 2 amide bonds. The zero-order valence-corrected chi connectivity index (χ0v) is 23.5. The van der Waals surface area contributed by atoms with Gasteiger partial charge in [0, 0.05) is 13.1 Å². The molecule has 0 radical (unpaired) electrons. The molecule has 4 aromatic rings. The Kier molecular flexibility index (Phi) is 10.1. The molecule has 40 heavy (non-hydrogen) atoms. The summed E-state index contributed by atoms with van der Waals surface area (Å²) < 4.78 is 5.70. The van der Waals surface area contributed by atoms with Gasteiger partial charge in [0.1, 0.15) is 6.61 Å². The maximum atomic E-state index is 14.2. The molecule has 4 aromatic carbocycles. The van der Waals surface area contributed by atoms with Crippen LogP contribution in [0.1, 0.15) is 55.1 Å². The molecule has 0 unspecified atom stereocenters. The summed E-state index contributed by atoms with van der Waals surface area (Å²) in [5.41, 5.74) is 4.02. The predicted molar refractivity (Wildman–Crippen MR) is 159 cm³/mol. The van der Waals surface area contributed by atoms with Crippen molar-refractivity contribution in [1.82, 2.24) is 9.80 Å². The van der Waals surface area contributed by atoms with Crippen molar-refractivity contribution in [3.8, 4) is 0 Å². The lowest BCUT2D eigenvalue weighted by Gasteiger charge is -2.38. The van der Waals surface area contributed by atoms with E-state index < -0.39 is 12.0 Å². The highest BCUT2D eigenvalue weighted by Gasteiger charge is 2.32. The number of carbonyl (C=O) groups excluding carboxylic acids is 2. The second-order valence-corrected chi connectivity index (χ2v) is 10.2. The second kappa shape index (κ2) is 14.1. The topological polar surface area (TPSA) is 49.9 Å². The highest BCUT2D eigenvalue weighted by molar-refractivity contribution is 5.80. The van der Waals surface area contributed by atoms with Gasteiger partial charge in [0.25, 0.3) is 0 Å². The van der Waals surface area contributed by atoms with Crippen molar-refractivity contribution in [2.75, 3.05) is 6.54 Å². The highest BCUT2D eigenvalue weighted by Crippen LogP contribution is 2.32. The van der Waals surface area contributed by atoms with Crippen LogP contribution in [0.5, 0.6) is 0 Å². The van der Waals surface area contributed by atoms with Crippen LogP contribution in [0.4, 0.5) is 4.79 Å². The van der Waals surface area contributed by atoms with Crippen molar-refractivity contribution < 1.29 is 14.3 Å². The van der Waals surface area contributed by atoms with Crippen LogP contribution < -0.4 is 0 Å². The Morgan fingerprint density at radius 3 is 1.52 bits per heavy atom. The summed E-state index contributed by atoms with van der Waals surface area (Å²) in [5.74, 6) is -0.466. The van der Waals surface area contributed by atoms with Gasteiger partial charge in [-0.25, -0.2) is 4.79 Å². The van der Waals surface area contributed by atoms with E-state index in [1.165, 1.54) is 0 Å². The Labute approximate surface area is 238 Å². The first-order chi connectivity index (χ1) is 19.4. The summed E-state index contributed by atoms with van der Waals surface area (Å²) in [6.45, 7) is 6.79. The van der Waals surface area contributed by atoms with Crippen molar-refractivity contribution in [3.05, 3.63) is 144 Å². The van der Waals surface area contributed by atoms with Gasteiger partial charge in [-0.2, -0.15) is 0 Å². The van der Waals surface area contributed by atoms with Crippen molar-refractivity contribution in [2.24, 2.45) is 5.92 Å². The van der Waals surface area contributed by atoms with Gasteiger partial charge in [-0.1, -0.05) is 128 Å². The first kappa shape index (κ1) is 28.6. The average molecular weight is 535 g/mol. The van der Waals surface area contributed by atoms with Gasteiger partial charge in [0.2, 0.25) is 5.91 Å². The first-order valence-electron chi connectivity index (χ1n) is 13.9. The molecule has 5 heteroatoms. The highest BCUT2D eigenvalue weighted by atomic mass is 16.6. The van der Waals surface area contributed by atoms with E-state index in [9.17, 15) is 9.59 Å². The van der Waals surface area contributed by atoms with Crippen molar-refractivity contribution in [3.63, 3.8) is 0 Å². The molecule has 0 heterocycles. The lowest BCUT2D eigenvalue weighted by atomic mass is 9.98. The van der Waals surface area contributed by atoms with E-state index in [0.29, 0.717) is 6.54 Å². The smallest absolute Gasteiger partial charge is 0.410 e. The van der Waals surface area contributed by atoms with Gasteiger partial charge in [0.05, 0.1) is 18.0 Å². The average Bonchev–Trinajstić information content (AvgIpc) is 3.01. The molecule has 0 fully saturated rings. The van der Waals surface area contributed by atoms with Crippen LogP contribution in [0, 0.1) is 5.92 Å². The lowest BCUT2D eigenvalue weighted by molar-refractivity contribution is -0.140. The number of carbonyl (C=O) groups is 2. The molecule has 0 aliphatic heterocycles. The Bertz CT molecular complexity index is 1280. The van der Waals surface area contributed by atoms with Crippen LogP contribution in [0.15, 0.2) is 121 Å². The molecule has 0 aliphatic rings. The number of nitrogens with zero attached hydrogens (tertiary/aromatic N) is 2. The van der Waals surface area contributed by atoms with Gasteiger partial charge in [-0.3, -0.25) is 4.79 Å². The number of benzene rings is 4.